The lowest BCUT2D eigenvalue weighted by atomic mass is 10.2. The maximum Gasteiger partial charge on any atom is 0.417 e. The maximum atomic E-state index is 13.2. The molecule has 0 heterocycles. The van der Waals surface area contributed by atoms with Gasteiger partial charge in [0.1, 0.15) is 5.82 Å². The molecule has 0 amide bonds. The average molecular weight is 412 g/mol. The Bertz CT molecular complexity index is 850. The first-order valence-corrected chi connectivity index (χ1v) is 8.44. The van der Waals surface area contributed by atoms with E-state index in [2.05, 4.69) is 15.9 Å². The summed E-state index contributed by atoms with van der Waals surface area (Å²) in [7, 11) is -4.21. The topological polar surface area (TPSA) is 46.2 Å². The van der Waals surface area contributed by atoms with Crippen molar-refractivity contribution >= 4 is 31.6 Å². The molecule has 0 atom stereocenters. The second-order valence-corrected chi connectivity index (χ2v) is 7.21. The van der Waals surface area contributed by atoms with Crippen LogP contribution in [0, 0.1) is 12.7 Å². The minimum absolute atomic E-state index is 0.213. The highest BCUT2D eigenvalue weighted by Gasteiger charge is 2.33. The Morgan fingerprint density at radius 1 is 1.09 bits per heavy atom. The molecule has 1 N–H and O–H groups in total. The van der Waals surface area contributed by atoms with Crippen LogP contribution in [0.4, 0.5) is 23.2 Å². The molecule has 0 aliphatic carbocycles. The summed E-state index contributed by atoms with van der Waals surface area (Å²) in [6, 6.07) is 6.09. The van der Waals surface area contributed by atoms with Crippen LogP contribution in [0.25, 0.3) is 0 Å². The van der Waals surface area contributed by atoms with Gasteiger partial charge in [-0.25, -0.2) is 12.8 Å². The van der Waals surface area contributed by atoms with Gasteiger partial charge in [-0.2, -0.15) is 13.2 Å². The third-order valence-electron chi connectivity index (χ3n) is 2.96. The van der Waals surface area contributed by atoms with Gasteiger partial charge in [0.25, 0.3) is 10.0 Å². The number of rotatable bonds is 3. The van der Waals surface area contributed by atoms with Gasteiger partial charge in [-0.15, -0.1) is 0 Å². The first-order valence-electron chi connectivity index (χ1n) is 6.16. The number of hydrogen-bond acceptors (Lipinski definition) is 2. The Hall–Kier alpha value is -1.61. The number of alkyl halides is 3. The van der Waals surface area contributed by atoms with Crippen molar-refractivity contribution in [3.63, 3.8) is 0 Å². The van der Waals surface area contributed by atoms with Gasteiger partial charge in [-0.05, 0) is 42.8 Å². The molecular formula is C14H10BrF4NO2S. The van der Waals surface area contributed by atoms with Crippen molar-refractivity contribution in [3.05, 3.63) is 57.8 Å². The fourth-order valence-corrected chi connectivity index (χ4v) is 3.66. The molecule has 0 saturated carbocycles. The molecule has 0 fully saturated rings. The third-order valence-corrected chi connectivity index (χ3v) is 5.18. The number of hydrogen-bond donors (Lipinski definition) is 1. The van der Waals surface area contributed by atoms with Crippen molar-refractivity contribution in [3.8, 4) is 0 Å². The number of nitrogens with one attached hydrogen (secondary N) is 1. The molecule has 124 valence electrons. The fourth-order valence-electron chi connectivity index (χ4n) is 1.88. The van der Waals surface area contributed by atoms with Crippen molar-refractivity contribution in [1.29, 1.82) is 0 Å². The molecule has 0 aromatic heterocycles. The zero-order valence-electron chi connectivity index (χ0n) is 11.6. The molecule has 0 aliphatic heterocycles. The second kappa shape index (κ2) is 6.12. The van der Waals surface area contributed by atoms with Crippen LogP contribution in [0.2, 0.25) is 0 Å². The Morgan fingerprint density at radius 2 is 1.74 bits per heavy atom. The normalized spacial score (nSPS) is 12.3. The predicted octanol–water partition coefficient (Wildman–Crippen LogP) is 4.72. The van der Waals surface area contributed by atoms with E-state index < -0.39 is 27.6 Å². The summed E-state index contributed by atoms with van der Waals surface area (Å²) in [6.45, 7) is 1.46. The van der Waals surface area contributed by atoms with Crippen LogP contribution in [-0.4, -0.2) is 8.42 Å². The highest BCUT2D eigenvalue weighted by Crippen LogP contribution is 2.36. The van der Waals surface area contributed by atoms with E-state index in [-0.39, 0.29) is 20.6 Å². The lowest BCUT2D eigenvalue weighted by molar-refractivity contribution is -0.138. The Labute approximate surface area is 138 Å². The van der Waals surface area contributed by atoms with Crippen molar-refractivity contribution in [2.45, 2.75) is 18.0 Å². The lowest BCUT2D eigenvalue weighted by Crippen LogP contribution is -2.15. The molecule has 2 aromatic carbocycles. The van der Waals surface area contributed by atoms with E-state index in [9.17, 15) is 26.0 Å². The standard InChI is InChI=1S/C14H10BrF4NO2S/c1-8-2-3-9(16)6-13(8)23(21,22)20-10-4-5-12(15)11(7-10)14(17,18)19/h2-7,20H,1H3. The molecule has 2 aromatic rings. The van der Waals surface area contributed by atoms with Gasteiger partial charge in [0.05, 0.1) is 10.5 Å². The molecule has 0 saturated heterocycles. The minimum atomic E-state index is -4.64. The monoisotopic (exact) mass is 411 g/mol. The van der Waals surface area contributed by atoms with E-state index >= 15 is 0 Å². The van der Waals surface area contributed by atoms with E-state index in [1.807, 2.05) is 4.72 Å². The Morgan fingerprint density at radius 3 is 2.35 bits per heavy atom. The highest BCUT2D eigenvalue weighted by atomic mass is 79.9. The summed E-state index contributed by atoms with van der Waals surface area (Å²) < 4.78 is 78.1. The molecule has 23 heavy (non-hydrogen) atoms. The molecule has 2 rings (SSSR count). The molecule has 3 nitrogen and oxygen atoms in total. The number of benzene rings is 2. The van der Waals surface area contributed by atoms with Crippen molar-refractivity contribution in [2.75, 3.05) is 4.72 Å². The smallest absolute Gasteiger partial charge is 0.280 e. The Kier molecular flexibility index (Phi) is 4.72. The van der Waals surface area contributed by atoms with E-state index in [0.29, 0.717) is 6.07 Å². The molecule has 9 heteroatoms. The highest BCUT2D eigenvalue weighted by molar-refractivity contribution is 9.10. The van der Waals surface area contributed by atoms with Crippen LogP contribution in [0.15, 0.2) is 45.8 Å². The van der Waals surface area contributed by atoms with Gasteiger partial charge < -0.3 is 0 Å². The summed E-state index contributed by atoms with van der Waals surface area (Å²) in [5.74, 6) is -0.761. The van der Waals surface area contributed by atoms with E-state index in [1.165, 1.54) is 19.1 Å². The lowest BCUT2D eigenvalue weighted by Gasteiger charge is -2.14. The van der Waals surface area contributed by atoms with E-state index in [4.69, 9.17) is 0 Å². The van der Waals surface area contributed by atoms with Gasteiger partial charge in [0.15, 0.2) is 0 Å². The summed E-state index contributed by atoms with van der Waals surface area (Å²) >= 11 is 2.77. The quantitative estimate of drug-likeness (QED) is 0.742. The van der Waals surface area contributed by atoms with Crippen LogP contribution in [0.3, 0.4) is 0 Å². The fraction of sp³-hybridized carbons (Fsp3) is 0.143. The maximum absolute atomic E-state index is 13.2. The third kappa shape index (κ3) is 4.03. The van der Waals surface area contributed by atoms with Crippen LogP contribution in [0.1, 0.15) is 11.1 Å². The Balaban J connectivity index is 2.44. The number of aryl methyl sites for hydroxylation is 1. The second-order valence-electron chi connectivity index (χ2n) is 4.71. The number of sulfonamides is 1. The largest absolute Gasteiger partial charge is 0.417 e. The van der Waals surface area contributed by atoms with Crippen LogP contribution in [-0.2, 0) is 16.2 Å². The average Bonchev–Trinajstić information content (AvgIpc) is 2.42. The molecule has 0 spiro atoms. The van der Waals surface area contributed by atoms with Gasteiger partial charge in [0.2, 0.25) is 0 Å². The van der Waals surface area contributed by atoms with Crippen molar-refractivity contribution in [1.82, 2.24) is 0 Å². The zero-order valence-corrected chi connectivity index (χ0v) is 14.0. The van der Waals surface area contributed by atoms with Crippen LogP contribution in [0.5, 0.6) is 0 Å². The van der Waals surface area contributed by atoms with Crippen LogP contribution >= 0.6 is 15.9 Å². The summed E-state index contributed by atoms with van der Waals surface area (Å²) in [6.07, 6.45) is -4.64. The van der Waals surface area contributed by atoms with Crippen molar-refractivity contribution in [2.24, 2.45) is 0 Å². The number of halogens is 5. The van der Waals surface area contributed by atoms with Crippen LogP contribution < -0.4 is 4.72 Å². The van der Waals surface area contributed by atoms with E-state index in [1.54, 1.807) is 0 Å². The van der Waals surface area contributed by atoms with Crippen molar-refractivity contribution < 1.29 is 26.0 Å². The molecule has 0 radical (unpaired) electrons. The van der Waals surface area contributed by atoms with E-state index in [0.717, 1.165) is 18.2 Å². The molecule has 0 unspecified atom stereocenters. The first kappa shape index (κ1) is 17.7. The zero-order chi connectivity index (χ0) is 17.4. The summed E-state index contributed by atoms with van der Waals surface area (Å²) in [5, 5.41) is 0. The van der Waals surface area contributed by atoms with Gasteiger partial charge in [-0.1, -0.05) is 22.0 Å². The first-order chi connectivity index (χ1) is 10.5. The van der Waals surface area contributed by atoms with Gasteiger partial charge in [-0.3, -0.25) is 4.72 Å². The number of anilines is 1. The molecule has 0 aliphatic rings. The molecular weight excluding hydrogens is 402 g/mol. The summed E-state index contributed by atoms with van der Waals surface area (Å²) in [5.41, 5.74) is -1.02. The predicted molar refractivity (Wildman–Crippen MR) is 81.1 cm³/mol. The SMILES string of the molecule is Cc1ccc(F)cc1S(=O)(=O)Nc1ccc(Br)c(C(F)(F)F)c1. The minimum Gasteiger partial charge on any atom is -0.280 e. The molecule has 0 bridgehead atoms. The van der Waals surface area contributed by atoms with Gasteiger partial charge in [0, 0.05) is 10.2 Å². The van der Waals surface area contributed by atoms with Gasteiger partial charge >= 0.3 is 6.18 Å². The summed E-state index contributed by atoms with van der Waals surface area (Å²) in [4.78, 5) is -0.339.